The van der Waals surface area contributed by atoms with Crippen LogP contribution in [0.2, 0.25) is 0 Å². The third-order valence-corrected chi connectivity index (χ3v) is 7.73. The lowest BCUT2D eigenvalue weighted by atomic mass is 9.83. The summed E-state index contributed by atoms with van der Waals surface area (Å²) in [4.78, 5) is 42.6. The van der Waals surface area contributed by atoms with Crippen LogP contribution in [0.5, 0.6) is 0 Å². The number of likely N-dealkylation sites (tertiary alicyclic amines) is 1. The van der Waals surface area contributed by atoms with E-state index in [9.17, 15) is 19.5 Å². The van der Waals surface area contributed by atoms with Gasteiger partial charge >= 0.3 is 18.1 Å². The van der Waals surface area contributed by atoms with Gasteiger partial charge in [0, 0.05) is 31.4 Å². The van der Waals surface area contributed by atoms with Gasteiger partial charge in [0.2, 0.25) is 0 Å². The summed E-state index contributed by atoms with van der Waals surface area (Å²) in [5.41, 5.74) is 3.27. The highest BCUT2D eigenvalue weighted by Crippen LogP contribution is 2.35. The van der Waals surface area contributed by atoms with Crippen molar-refractivity contribution in [3.05, 3.63) is 65.2 Å². The number of hydrogen-bond donors (Lipinski definition) is 1. The Balaban J connectivity index is 1.59. The first-order chi connectivity index (χ1) is 18.9. The fourth-order valence-electron chi connectivity index (χ4n) is 5.51. The van der Waals surface area contributed by atoms with Gasteiger partial charge < -0.3 is 24.4 Å². The number of nitrogens with zero attached hydrogens (tertiary/aromatic N) is 3. The zero-order chi connectivity index (χ0) is 27.8. The molecule has 2 aliphatic rings. The number of urea groups is 1. The average molecular weight is 538 g/mol. The van der Waals surface area contributed by atoms with Crippen LogP contribution in [-0.2, 0) is 16.0 Å². The normalized spacial score (nSPS) is 19.4. The van der Waals surface area contributed by atoms with Crippen molar-refractivity contribution >= 4 is 23.8 Å². The first kappa shape index (κ1) is 28.4. The second-order valence-electron chi connectivity index (χ2n) is 10.2. The topological polar surface area (TPSA) is 99.6 Å². The quantitative estimate of drug-likeness (QED) is 0.456. The van der Waals surface area contributed by atoms with Crippen molar-refractivity contribution in [2.24, 2.45) is 0 Å². The standard InChI is InChI=1S/C30H39N3O6/c1-3-4-7-26-20-25(13-14-32(26)30(36)37)24-6-5-8-27(19-24)33(29(35)31-15-17-39-18-16-31)21-22-9-11-23(12-10-22)28(34)38-2/h5-6,8-12,19,25-26H,3-4,7,13-18,20-21H2,1-2H3,(H,36,37). The van der Waals surface area contributed by atoms with Crippen LogP contribution in [0, 0.1) is 0 Å². The Bertz CT molecular complexity index is 1130. The number of piperidine rings is 1. The van der Waals surface area contributed by atoms with E-state index in [2.05, 4.69) is 19.1 Å². The molecular formula is C30H39N3O6. The first-order valence-electron chi connectivity index (χ1n) is 13.8. The van der Waals surface area contributed by atoms with Crippen LogP contribution in [0.1, 0.15) is 66.4 Å². The number of carbonyl (C=O) groups excluding carboxylic acids is 2. The van der Waals surface area contributed by atoms with Gasteiger partial charge in [0.1, 0.15) is 0 Å². The molecule has 2 atom stereocenters. The first-order valence-corrected chi connectivity index (χ1v) is 13.8. The number of benzene rings is 2. The molecule has 2 heterocycles. The van der Waals surface area contributed by atoms with E-state index < -0.39 is 12.1 Å². The van der Waals surface area contributed by atoms with E-state index in [0.717, 1.165) is 48.9 Å². The van der Waals surface area contributed by atoms with Crippen LogP contribution in [-0.4, -0.2) is 79.0 Å². The van der Waals surface area contributed by atoms with Crippen LogP contribution < -0.4 is 4.90 Å². The molecule has 3 amide bonds. The summed E-state index contributed by atoms with van der Waals surface area (Å²) >= 11 is 0. The number of esters is 1. The van der Waals surface area contributed by atoms with Crippen molar-refractivity contribution < 1.29 is 29.0 Å². The molecule has 2 unspecified atom stereocenters. The number of rotatable bonds is 8. The predicted molar refractivity (Wildman–Crippen MR) is 148 cm³/mol. The van der Waals surface area contributed by atoms with E-state index in [1.807, 2.05) is 29.2 Å². The number of amides is 3. The third kappa shape index (κ3) is 7.09. The van der Waals surface area contributed by atoms with E-state index in [0.29, 0.717) is 45.0 Å². The highest BCUT2D eigenvalue weighted by atomic mass is 16.5. The smallest absolute Gasteiger partial charge is 0.407 e. The number of ether oxygens (including phenoxy) is 2. The van der Waals surface area contributed by atoms with Gasteiger partial charge in [-0.25, -0.2) is 14.4 Å². The molecule has 210 valence electrons. The maximum absolute atomic E-state index is 13.8. The maximum atomic E-state index is 13.8. The van der Waals surface area contributed by atoms with Crippen LogP contribution in [0.15, 0.2) is 48.5 Å². The van der Waals surface area contributed by atoms with Crippen LogP contribution in [0.4, 0.5) is 15.3 Å². The fourth-order valence-corrected chi connectivity index (χ4v) is 5.51. The summed E-state index contributed by atoms with van der Waals surface area (Å²) < 4.78 is 10.3. The largest absolute Gasteiger partial charge is 0.465 e. The Morgan fingerprint density at radius 2 is 1.82 bits per heavy atom. The van der Waals surface area contributed by atoms with Crippen LogP contribution >= 0.6 is 0 Å². The molecule has 9 heteroatoms. The lowest BCUT2D eigenvalue weighted by Crippen LogP contribution is -2.48. The summed E-state index contributed by atoms with van der Waals surface area (Å²) in [6.07, 6.45) is 3.58. The summed E-state index contributed by atoms with van der Waals surface area (Å²) in [6.45, 7) is 5.06. The van der Waals surface area contributed by atoms with E-state index in [4.69, 9.17) is 9.47 Å². The Morgan fingerprint density at radius 1 is 1.08 bits per heavy atom. The average Bonchev–Trinajstić information content (AvgIpc) is 2.98. The van der Waals surface area contributed by atoms with Crippen molar-refractivity contribution in [2.45, 2.75) is 57.5 Å². The molecule has 0 spiro atoms. The van der Waals surface area contributed by atoms with Crippen LogP contribution in [0.25, 0.3) is 0 Å². The van der Waals surface area contributed by atoms with Crippen molar-refractivity contribution in [1.29, 1.82) is 0 Å². The molecule has 0 saturated carbocycles. The third-order valence-electron chi connectivity index (χ3n) is 7.73. The Kier molecular flexibility index (Phi) is 9.81. The van der Waals surface area contributed by atoms with E-state index in [-0.39, 0.29) is 18.0 Å². The molecule has 2 aromatic rings. The molecule has 39 heavy (non-hydrogen) atoms. The zero-order valence-corrected chi connectivity index (χ0v) is 22.9. The zero-order valence-electron chi connectivity index (χ0n) is 22.9. The molecule has 2 saturated heterocycles. The molecule has 0 aromatic heterocycles. The Hall–Kier alpha value is -3.59. The van der Waals surface area contributed by atoms with Crippen molar-refractivity contribution in [3.8, 4) is 0 Å². The van der Waals surface area contributed by atoms with Gasteiger partial charge in [0.05, 0.1) is 32.4 Å². The molecule has 2 aromatic carbocycles. The molecule has 0 aliphatic carbocycles. The van der Waals surface area contributed by atoms with Crippen molar-refractivity contribution in [2.75, 3.05) is 44.9 Å². The van der Waals surface area contributed by atoms with Crippen molar-refractivity contribution in [3.63, 3.8) is 0 Å². The van der Waals surface area contributed by atoms with Gasteiger partial charge in [0.25, 0.3) is 0 Å². The molecule has 2 fully saturated rings. The Labute approximate surface area is 230 Å². The van der Waals surface area contributed by atoms with E-state index in [1.54, 1.807) is 21.9 Å². The summed E-state index contributed by atoms with van der Waals surface area (Å²) in [5.74, 6) is -0.177. The van der Waals surface area contributed by atoms with Gasteiger partial charge in [-0.15, -0.1) is 0 Å². The number of unbranched alkanes of at least 4 members (excludes halogenated alkanes) is 1. The number of morpholine rings is 1. The number of methoxy groups -OCH3 is 1. The predicted octanol–water partition coefficient (Wildman–Crippen LogP) is 5.35. The molecule has 1 N–H and O–H groups in total. The minimum Gasteiger partial charge on any atom is -0.465 e. The maximum Gasteiger partial charge on any atom is 0.407 e. The summed E-state index contributed by atoms with van der Waals surface area (Å²) in [7, 11) is 1.35. The van der Waals surface area contributed by atoms with E-state index >= 15 is 0 Å². The number of anilines is 1. The molecular weight excluding hydrogens is 498 g/mol. The number of carboxylic acid groups (broad SMARTS) is 1. The van der Waals surface area contributed by atoms with Gasteiger partial charge in [-0.05, 0) is 60.6 Å². The lowest BCUT2D eigenvalue weighted by molar-refractivity contribution is 0.0548. The molecule has 9 nitrogen and oxygen atoms in total. The number of carbonyl (C=O) groups is 3. The van der Waals surface area contributed by atoms with Gasteiger partial charge in [-0.2, -0.15) is 0 Å². The minimum absolute atomic E-state index is 0.00395. The fraction of sp³-hybridized carbons (Fsp3) is 0.500. The second kappa shape index (κ2) is 13.5. The minimum atomic E-state index is -0.844. The highest BCUT2D eigenvalue weighted by molar-refractivity contribution is 5.92. The molecule has 0 radical (unpaired) electrons. The summed E-state index contributed by atoms with van der Waals surface area (Å²) in [5, 5.41) is 9.71. The van der Waals surface area contributed by atoms with Crippen molar-refractivity contribution in [1.82, 2.24) is 9.80 Å². The van der Waals surface area contributed by atoms with Gasteiger partial charge in [0.15, 0.2) is 0 Å². The Morgan fingerprint density at radius 3 is 2.49 bits per heavy atom. The molecule has 4 rings (SSSR count). The highest BCUT2D eigenvalue weighted by Gasteiger charge is 2.32. The van der Waals surface area contributed by atoms with Gasteiger partial charge in [-0.3, -0.25) is 4.90 Å². The van der Waals surface area contributed by atoms with Gasteiger partial charge in [-0.1, -0.05) is 44.0 Å². The second-order valence-corrected chi connectivity index (χ2v) is 10.2. The molecule has 0 bridgehead atoms. The van der Waals surface area contributed by atoms with Crippen LogP contribution in [0.3, 0.4) is 0 Å². The summed E-state index contributed by atoms with van der Waals surface area (Å²) in [6, 6.07) is 15.1. The number of hydrogen-bond acceptors (Lipinski definition) is 5. The monoisotopic (exact) mass is 537 g/mol. The molecule has 2 aliphatic heterocycles. The van der Waals surface area contributed by atoms with E-state index in [1.165, 1.54) is 7.11 Å². The lowest BCUT2D eigenvalue weighted by Gasteiger charge is -2.38. The SMILES string of the molecule is CCCCC1CC(c2cccc(N(Cc3ccc(C(=O)OC)cc3)C(=O)N3CCOCC3)c2)CCN1C(=O)O.